The van der Waals surface area contributed by atoms with Crippen LogP contribution in [0.4, 0.5) is 0 Å². The molecule has 17 heavy (non-hydrogen) atoms. The highest BCUT2D eigenvalue weighted by Crippen LogP contribution is 2.24. The molecule has 1 aromatic heterocycles. The summed E-state index contributed by atoms with van der Waals surface area (Å²) in [5.74, 6) is 0.855. The average Bonchev–Trinajstić information content (AvgIpc) is 2.73. The van der Waals surface area contributed by atoms with Gasteiger partial charge in [0.15, 0.2) is 0 Å². The van der Waals surface area contributed by atoms with Crippen molar-refractivity contribution in [2.45, 2.75) is 6.42 Å². The first-order valence-electron chi connectivity index (χ1n) is 5.41. The van der Waals surface area contributed by atoms with Gasteiger partial charge in [-0.2, -0.15) is 0 Å². The lowest BCUT2D eigenvalue weighted by Gasteiger charge is -1.97. The molecule has 0 unspecified atom stereocenters. The van der Waals surface area contributed by atoms with Crippen molar-refractivity contribution >= 4 is 22.5 Å². The molecule has 3 rings (SSSR count). The fourth-order valence-corrected chi connectivity index (χ4v) is 2.05. The van der Waals surface area contributed by atoms with E-state index in [1.54, 1.807) is 0 Å². The standard InChI is InChI=1S/C14H10ClNO/c15-11-6-7-13-12(9-11)14(17-16-13)8-10-4-2-1-3-5-10/h1-7,9H,8H2. The lowest BCUT2D eigenvalue weighted by Crippen LogP contribution is -1.85. The van der Waals surface area contributed by atoms with Gasteiger partial charge in [-0.05, 0) is 23.8 Å². The summed E-state index contributed by atoms with van der Waals surface area (Å²) in [4.78, 5) is 0. The number of aromatic nitrogens is 1. The largest absolute Gasteiger partial charge is 0.360 e. The number of benzene rings is 2. The van der Waals surface area contributed by atoms with Crippen LogP contribution in [0.3, 0.4) is 0 Å². The predicted octanol–water partition coefficient (Wildman–Crippen LogP) is 4.07. The minimum Gasteiger partial charge on any atom is -0.360 e. The SMILES string of the molecule is Clc1ccc2noc(Cc3ccccc3)c2c1. The Balaban J connectivity index is 2.03. The van der Waals surface area contributed by atoms with Gasteiger partial charge in [-0.3, -0.25) is 0 Å². The molecular formula is C14H10ClNO. The van der Waals surface area contributed by atoms with Crippen LogP contribution in [0.2, 0.25) is 5.02 Å². The normalized spacial score (nSPS) is 10.9. The summed E-state index contributed by atoms with van der Waals surface area (Å²) in [6, 6.07) is 15.7. The first-order chi connectivity index (χ1) is 8.33. The van der Waals surface area contributed by atoms with Crippen molar-refractivity contribution in [1.29, 1.82) is 0 Å². The zero-order chi connectivity index (χ0) is 11.7. The van der Waals surface area contributed by atoms with E-state index in [0.717, 1.165) is 23.1 Å². The second-order valence-corrected chi connectivity index (χ2v) is 4.37. The Morgan fingerprint density at radius 1 is 1.06 bits per heavy atom. The number of nitrogens with zero attached hydrogens (tertiary/aromatic N) is 1. The third-order valence-corrected chi connectivity index (χ3v) is 2.96. The summed E-state index contributed by atoms with van der Waals surface area (Å²) < 4.78 is 5.37. The lowest BCUT2D eigenvalue weighted by molar-refractivity contribution is 0.397. The van der Waals surface area contributed by atoms with Gasteiger partial charge in [-0.15, -0.1) is 0 Å². The van der Waals surface area contributed by atoms with Crippen LogP contribution >= 0.6 is 11.6 Å². The first kappa shape index (κ1) is 10.4. The van der Waals surface area contributed by atoms with Gasteiger partial charge in [-0.1, -0.05) is 47.1 Å². The second kappa shape index (κ2) is 4.22. The van der Waals surface area contributed by atoms with Crippen molar-refractivity contribution in [1.82, 2.24) is 5.16 Å². The Morgan fingerprint density at radius 2 is 1.88 bits per heavy atom. The van der Waals surface area contributed by atoms with E-state index in [1.807, 2.05) is 36.4 Å². The van der Waals surface area contributed by atoms with Crippen molar-refractivity contribution in [2.24, 2.45) is 0 Å². The third kappa shape index (κ3) is 2.04. The van der Waals surface area contributed by atoms with Gasteiger partial charge in [0.25, 0.3) is 0 Å². The van der Waals surface area contributed by atoms with Gasteiger partial charge >= 0.3 is 0 Å². The molecule has 0 amide bonds. The van der Waals surface area contributed by atoms with Gasteiger partial charge in [-0.25, -0.2) is 0 Å². The third-order valence-electron chi connectivity index (χ3n) is 2.72. The van der Waals surface area contributed by atoms with Crippen LogP contribution in [0.25, 0.3) is 10.9 Å². The molecule has 3 heteroatoms. The molecule has 2 nitrogen and oxygen atoms in total. The molecular weight excluding hydrogens is 234 g/mol. The Morgan fingerprint density at radius 3 is 2.71 bits per heavy atom. The zero-order valence-corrected chi connectivity index (χ0v) is 9.82. The Bertz CT molecular complexity index is 646. The minimum absolute atomic E-state index is 0.704. The van der Waals surface area contributed by atoms with E-state index in [-0.39, 0.29) is 0 Å². The number of halogens is 1. The predicted molar refractivity (Wildman–Crippen MR) is 68.3 cm³/mol. The van der Waals surface area contributed by atoms with Crippen LogP contribution in [0.1, 0.15) is 11.3 Å². The molecule has 84 valence electrons. The maximum absolute atomic E-state index is 5.98. The summed E-state index contributed by atoms with van der Waals surface area (Å²) in [5, 5.41) is 5.71. The van der Waals surface area contributed by atoms with Gasteiger partial charge in [0.2, 0.25) is 0 Å². The average molecular weight is 244 g/mol. The van der Waals surface area contributed by atoms with Gasteiger partial charge in [0.1, 0.15) is 11.3 Å². The summed E-state index contributed by atoms with van der Waals surface area (Å²) >= 11 is 5.98. The van der Waals surface area contributed by atoms with Crippen LogP contribution in [0.15, 0.2) is 53.1 Å². The molecule has 0 aliphatic rings. The maximum atomic E-state index is 5.98. The number of hydrogen-bond donors (Lipinski definition) is 0. The van der Waals surface area contributed by atoms with E-state index in [1.165, 1.54) is 5.56 Å². The van der Waals surface area contributed by atoms with Crippen LogP contribution in [-0.4, -0.2) is 5.16 Å². The molecule has 0 atom stereocenters. The van der Waals surface area contributed by atoms with Crippen LogP contribution in [-0.2, 0) is 6.42 Å². The second-order valence-electron chi connectivity index (χ2n) is 3.93. The van der Waals surface area contributed by atoms with E-state index >= 15 is 0 Å². The van der Waals surface area contributed by atoms with Crippen molar-refractivity contribution in [3.63, 3.8) is 0 Å². The van der Waals surface area contributed by atoms with Crippen LogP contribution in [0.5, 0.6) is 0 Å². The maximum Gasteiger partial charge on any atom is 0.148 e. The quantitative estimate of drug-likeness (QED) is 0.678. The smallest absolute Gasteiger partial charge is 0.148 e. The number of hydrogen-bond acceptors (Lipinski definition) is 2. The minimum atomic E-state index is 0.704. The van der Waals surface area contributed by atoms with Crippen molar-refractivity contribution in [2.75, 3.05) is 0 Å². The van der Waals surface area contributed by atoms with Crippen LogP contribution in [0, 0.1) is 0 Å². The summed E-state index contributed by atoms with van der Waals surface area (Å²) in [6.45, 7) is 0. The summed E-state index contributed by atoms with van der Waals surface area (Å²) in [6.07, 6.45) is 0.734. The number of fused-ring (bicyclic) bond motifs is 1. The molecule has 0 aliphatic carbocycles. The molecule has 2 aromatic carbocycles. The first-order valence-corrected chi connectivity index (χ1v) is 5.78. The summed E-state index contributed by atoms with van der Waals surface area (Å²) in [7, 11) is 0. The van der Waals surface area contributed by atoms with Crippen LogP contribution < -0.4 is 0 Å². The van der Waals surface area contributed by atoms with E-state index in [0.29, 0.717) is 5.02 Å². The zero-order valence-electron chi connectivity index (χ0n) is 9.06. The van der Waals surface area contributed by atoms with E-state index < -0.39 is 0 Å². The molecule has 0 radical (unpaired) electrons. The molecule has 3 aromatic rings. The fourth-order valence-electron chi connectivity index (χ4n) is 1.87. The monoisotopic (exact) mass is 243 g/mol. The Kier molecular flexibility index (Phi) is 2.57. The summed E-state index contributed by atoms with van der Waals surface area (Å²) in [5.41, 5.74) is 2.05. The molecule has 0 saturated carbocycles. The van der Waals surface area contributed by atoms with E-state index in [4.69, 9.17) is 16.1 Å². The van der Waals surface area contributed by atoms with Gasteiger partial charge in [0.05, 0.1) is 0 Å². The van der Waals surface area contributed by atoms with Gasteiger partial charge in [0, 0.05) is 16.8 Å². The Labute approximate surface area is 104 Å². The van der Waals surface area contributed by atoms with E-state index in [9.17, 15) is 0 Å². The molecule has 0 fully saturated rings. The van der Waals surface area contributed by atoms with Crippen molar-refractivity contribution < 1.29 is 4.52 Å². The number of rotatable bonds is 2. The van der Waals surface area contributed by atoms with Gasteiger partial charge < -0.3 is 4.52 Å². The fraction of sp³-hybridized carbons (Fsp3) is 0.0714. The van der Waals surface area contributed by atoms with Crippen molar-refractivity contribution in [3.8, 4) is 0 Å². The molecule has 0 aliphatic heterocycles. The highest BCUT2D eigenvalue weighted by Gasteiger charge is 2.09. The molecule has 1 heterocycles. The van der Waals surface area contributed by atoms with Crippen molar-refractivity contribution in [3.05, 3.63) is 64.9 Å². The topological polar surface area (TPSA) is 26.0 Å². The van der Waals surface area contributed by atoms with E-state index in [2.05, 4.69) is 17.3 Å². The molecule has 0 bridgehead atoms. The highest BCUT2D eigenvalue weighted by atomic mass is 35.5. The Hall–Kier alpha value is -1.80. The highest BCUT2D eigenvalue weighted by molar-refractivity contribution is 6.31. The lowest BCUT2D eigenvalue weighted by atomic mass is 10.1. The molecule has 0 N–H and O–H groups in total. The molecule has 0 spiro atoms. The molecule has 0 saturated heterocycles.